The number of halogens is 2. The van der Waals surface area contributed by atoms with Crippen LogP contribution in [0.1, 0.15) is 11.1 Å². The van der Waals surface area contributed by atoms with Gasteiger partial charge in [-0.25, -0.2) is 0 Å². The zero-order valence-electron chi connectivity index (χ0n) is 13.4. The second-order valence-electron chi connectivity index (χ2n) is 5.26. The number of carbonyl (C=O) groups is 1. The number of ether oxygens (including phenoxy) is 1. The van der Waals surface area contributed by atoms with Crippen LogP contribution in [-0.2, 0) is 10.5 Å². The Bertz CT molecular complexity index is 696. The number of benzene rings is 2. The zero-order valence-corrected chi connectivity index (χ0v) is 16.5. The first-order chi connectivity index (χ1) is 11.5. The highest BCUT2D eigenvalue weighted by atomic mass is 79.9. The first kappa shape index (κ1) is 19.2. The minimum Gasteiger partial charge on any atom is -0.482 e. The van der Waals surface area contributed by atoms with Gasteiger partial charge in [-0.3, -0.25) is 4.79 Å². The Labute approximate surface area is 160 Å². The summed E-state index contributed by atoms with van der Waals surface area (Å²) in [5.74, 6) is 2.16. The summed E-state index contributed by atoms with van der Waals surface area (Å²) in [7, 11) is 0. The third-order valence-electron chi connectivity index (χ3n) is 3.17. The van der Waals surface area contributed by atoms with Crippen molar-refractivity contribution in [3.05, 3.63) is 63.1 Å². The van der Waals surface area contributed by atoms with Crippen LogP contribution in [0.2, 0.25) is 5.02 Å². The number of hydrogen-bond acceptors (Lipinski definition) is 3. The normalized spacial score (nSPS) is 10.5. The lowest BCUT2D eigenvalue weighted by atomic mass is 10.2. The van der Waals surface area contributed by atoms with Gasteiger partial charge in [-0.05, 0) is 30.7 Å². The lowest BCUT2D eigenvalue weighted by molar-refractivity contribution is -0.122. The Morgan fingerprint density at radius 1 is 1.29 bits per heavy atom. The van der Waals surface area contributed by atoms with Gasteiger partial charge in [0, 0.05) is 22.5 Å². The van der Waals surface area contributed by atoms with Gasteiger partial charge in [0.2, 0.25) is 0 Å². The van der Waals surface area contributed by atoms with Crippen LogP contribution in [0.5, 0.6) is 5.75 Å². The molecule has 0 atom stereocenters. The van der Waals surface area contributed by atoms with E-state index in [1.54, 1.807) is 23.9 Å². The Kier molecular flexibility index (Phi) is 7.95. The van der Waals surface area contributed by atoms with Crippen molar-refractivity contribution in [1.82, 2.24) is 5.32 Å². The summed E-state index contributed by atoms with van der Waals surface area (Å²) in [4.78, 5) is 11.8. The minimum absolute atomic E-state index is 0.0378. The summed E-state index contributed by atoms with van der Waals surface area (Å²) < 4.78 is 6.29. The molecular weight excluding hydrogens is 410 g/mol. The highest BCUT2D eigenvalue weighted by molar-refractivity contribution is 9.10. The van der Waals surface area contributed by atoms with E-state index >= 15 is 0 Å². The molecule has 0 aliphatic carbocycles. The molecule has 0 radical (unpaired) electrons. The molecule has 0 spiro atoms. The SMILES string of the molecule is Cc1cccc(CSCCNC(=O)COc2ccc(Br)cc2Cl)c1. The Hall–Kier alpha value is -1.17. The van der Waals surface area contributed by atoms with Crippen LogP contribution in [0.4, 0.5) is 0 Å². The van der Waals surface area contributed by atoms with E-state index in [2.05, 4.69) is 52.4 Å². The Morgan fingerprint density at radius 3 is 2.88 bits per heavy atom. The van der Waals surface area contributed by atoms with E-state index in [-0.39, 0.29) is 12.5 Å². The third kappa shape index (κ3) is 6.75. The average molecular weight is 429 g/mol. The smallest absolute Gasteiger partial charge is 0.257 e. The molecule has 0 heterocycles. The van der Waals surface area contributed by atoms with Crippen LogP contribution in [0.15, 0.2) is 46.9 Å². The number of aryl methyl sites for hydroxylation is 1. The van der Waals surface area contributed by atoms with Crippen molar-refractivity contribution in [2.45, 2.75) is 12.7 Å². The molecule has 2 aromatic rings. The van der Waals surface area contributed by atoms with Crippen molar-refractivity contribution < 1.29 is 9.53 Å². The van der Waals surface area contributed by atoms with Crippen LogP contribution in [-0.4, -0.2) is 24.8 Å². The summed E-state index contributed by atoms with van der Waals surface area (Å²) >= 11 is 11.2. The van der Waals surface area contributed by atoms with Gasteiger partial charge in [0.25, 0.3) is 5.91 Å². The lowest BCUT2D eigenvalue weighted by Gasteiger charge is -2.09. The van der Waals surface area contributed by atoms with Gasteiger partial charge in [0.1, 0.15) is 5.75 Å². The van der Waals surface area contributed by atoms with Crippen LogP contribution in [0.3, 0.4) is 0 Å². The van der Waals surface area contributed by atoms with Gasteiger partial charge >= 0.3 is 0 Å². The van der Waals surface area contributed by atoms with Crippen LogP contribution < -0.4 is 10.1 Å². The molecule has 0 unspecified atom stereocenters. The lowest BCUT2D eigenvalue weighted by Crippen LogP contribution is -2.30. The van der Waals surface area contributed by atoms with E-state index in [9.17, 15) is 4.79 Å². The number of hydrogen-bond donors (Lipinski definition) is 1. The van der Waals surface area contributed by atoms with E-state index in [0.717, 1.165) is 16.0 Å². The fourth-order valence-corrected chi connectivity index (χ4v) is 3.58. The van der Waals surface area contributed by atoms with Crippen molar-refractivity contribution in [2.24, 2.45) is 0 Å². The van der Waals surface area contributed by atoms with Gasteiger partial charge in [0.15, 0.2) is 6.61 Å². The van der Waals surface area contributed by atoms with Crippen molar-refractivity contribution in [2.75, 3.05) is 18.9 Å². The van der Waals surface area contributed by atoms with Crippen LogP contribution in [0, 0.1) is 6.92 Å². The van der Waals surface area contributed by atoms with Gasteiger partial charge < -0.3 is 10.1 Å². The largest absolute Gasteiger partial charge is 0.482 e. The molecule has 1 N–H and O–H groups in total. The Balaban J connectivity index is 1.61. The van der Waals surface area contributed by atoms with E-state index in [1.165, 1.54) is 11.1 Å². The minimum atomic E-state index is -0.148. The predicted molar refractivity (Wildman–Crippen MR) is 105 cm³/mol. The predicted octanol–water partition coefficient (Wildman–Crippen LogP) is 4.84. The number of thioether (sulfide) groups is 1. The van der Waals surface area contributed by atoms with Gasteiger partial charge in [-0.1, -0.05) is 57.4 Å². The number of carbonyl (C=O) groups excluding carboxylic acids is 1. The average Bonchev–Trinajstić information content (AvgIpc) is 2.54. The number of rotatable bonds is 8. The van der Waals surface area contributed by atoms with Crippen molar-refractivity contribution in [3.63, 3.8) is 0 Å². The molecule has 6 heteroatoms. The second kappa shape index (κ2) is 9.97. The summed E-state index contributed by atoms with van der Waals surface area (Å²) in [6, 6.07) is 13.7. The summed E-state index contributed by atoms with van der Waals surface area (Å²) in [6.07, 6.45) is 0. The topological polar surface area (TPSA) is 38.3 Å². The molecule has 2 aromatic carbocycles. The maximum absolute atomic E-state index is 11.8. The molecule has 1 amide bonds. The molecule has 24 heavy (non-hydrogen) atoms. The van der Waals surface area contributed by atoms with Crippen LogP contribution >= 0.6 is 39.3 Å². The monoisotopic (exact) mass is 427 g/mol. The summed E-state index contributed by atoms with van der Waals surface area (Å²) in [6.45, 7) is 2.67. The number of nitrogens with one attached hydrogen (secondary N) is 1. The first-order valence-electron chi connectivity index (χ1n) is 7.52. The van der Waals surface area contributed by atoms with Gasteiger partial charge in [-0.15, -0.1) is 0 Å². The van der Waals surface area contributed by atoms with Crippen LogP contribution in [0.25, 0.3) is 0 Å². The van der Waals surface area contributed by atoms with Crippen molar-refractivity contribution in [1.29, 1.82) is 0 Å². The molecule has 0 aliphatic heterocycles. The quantitative estimate of drug-likeness (QED) is 0.611. The van der Waals surface area contributed by atoms with E-state index in [1.807, 2.05) is 6.07 Å². The molecular formula is C18H19BrClNO2S. The molecule has 3 nitrogen and oxygen atoms in total. The van der Waals surface area contributed by atoms with Gasteiger partial charge in [-0.2, -0.15) is 11.8 Å². The molecule has 128 valence electrons. The fourth-order valence-electron chi connectivity index (χ4n) is 2.04. The molecule has 0 fully saturated rings. The Morgan fingerprint density at radius 2 is 2.12 bits per heavy atom. The third-order valence-corrected chi connectivity index (χ3v) is 4.99. The highest BCUT2D eigenvalue weighted by Crippen LogP contribution is 2.27. The van der Waals surface area contributed by atoms with E-state index in [4.69, 9.17) is 16.3 Å². The second-order valence-corrected chi connectivity index (χ2v) is 7.68. The molecule has 0 aromatic heterocycles. The first-order valence-corrected chi connectivity index (χ1v) is 9.85. The van der Waals surface area contributed by atoms with Gasteiger partial charge in [0.05, 0.1) is 5.02 Å². The van der Waals surface area contributed by atoms with Crippen molar-refractivity contribution in [3.8, 4) is 5.75 Å². The maximum Gasteiger partial charge on any atom is 0.257 e. The molecule has 0 saturated heterocycles. The summed E-state index contributed by atoms with van der Waals surface area (Å²) in [5, 5.41) is 3.32. The molecule has 0 bridgehead atoms. The van der Waals surface area contributed by atoms with E-state index in [0.29, 0.717) is 17.3 Å². The molecule has 0 aliphatic rings. The zero-order chi connectivity index (χ0) is 17.4. The standard InChI is InChI=1S/C18H19BrClNO2S/c1-13-3-2-4-14(9-13)12-24-8-7-21-18(22)11-23-17-6-5-15(19)10-16(17)20/h2-6,9-10H,7-8,11-12H2,1H3,(H,21,22). The number of amides is 1. The van der Waals surface area contributed by atoms with E-state index < -0.39 is 0 Å². The van der Waals surface area contributed by atoms with Crippen molar-refractivity contribution >= 4 is 45.2 Å². The highest BCUT2D eigenvalue weighted by Gasteiger charge is 2.06. The molecule has 2 rings (SSSR count). The summed E-state index contributed by atoms with van der Waals surface area (Å²) in [5.41, 5.74) is 2.57. The molecule has 0 saturated carbocycles. The fraction of sp³-hybridized carbons (Fsp3) is 0.278. The maximum atomic E-state index is 11.8.